The normalized spacial score (nSPS) is 11.2. The van der Waals surface area contributed by atoms with Gasteiger partial charge in [0.05, 0.1) is 24.3 Å². The summed E-state index contributed by atoms with van der Waals surface area (Å²) in [6.45, 7) is 9.09. The lowest BCUT2D eigenvalue weighted by atomic mass is 10.1. The van der Waals surface area contributed by atoms with E-state index in [0.717, 1.165) is 25.7 Å². The molecule has 0 aromatic heterocycles. The van der Waals surface area contributed by atoms with Crippen molar-refractivity contribution in [2.24, 2.45) is 11.8 Å². The Kier molecular flexibility index (Phi) is 11.8. The Balaban J connectivity index is 3.06. The van der Waals surface area contributed by atoms with Crippen molar-refractivity contribution in [2.45, 2.75) is 53.4 Å². The van der Waals surface area contributed by atoms with Crippen LogP contribution in [0.15, 0.2) is 17.9 Å². The largest absolute Gasteiger partial charge is 0.462 e. The summed E-state index contributed by atoms with van der Waals surface area (Å²) in [5.74, 6) is -0.0344. The van der Waals surface area contributed by atoms with Gasteiger partial charge in [0.15, 0.2) is 0 Å². The molecule has 0 amide bonds. The molecule has 0 N–H and O–H groups in total. The molecule has 28 heavy (non-hydrogen) atoms. The molecule has 0 bridgehead atoms. The summed E-state index contributed by atoms with van der Waals surface area (Å²) in [5, 5.41) is 0. The Morgan fingerprint density at radius 3 is 1.29 bits per heavy atom. The summed E-state index contributed by atoms with van der Waals surface area (Å²) in [6, 6.07) is 0. The first-order chi connectivity index (χ1) is 13.1. The van der Waals surface area contributed by atoms with Gasteiger partial charge in [-0.05, 0) is 101 Å². The van der Waals surface area contributed by atoms with E-state index in [1.807, 2.05) is 0 Å². The smallest absolute Gasteiger partial charge is 0.340 e. The summed E-state index contributed by atoms with van der Waals surface area (Å²) in [4.78, 5) is 25.5. The van der Waals surface area contributed by atoms with Crippen LogP contribution in [0.1, 0.15) is 74.1 Å². The maximum atomic E-state index is 12.8. The lowest BCUT2D eigenvalue weighted by molar-refractivity contribution is 0.0445. The second-order valence-electron chi connectivity index (χ2n) is 7.35. The van der Waals surface area contributed by atoms with Crippen LogP contribution in [0.25, 0.3) is 0 Å². The molecular weight excluding hydrogens is 624 g/mol. The molecule has 0 saturated heterocycles. The fraction of sp³-hybridized carbons (Fsp3) is 0.600. The van der Waals surface area contributed by atoms with Crippen LogP contribution in [0.4, 0.5) is 0 Å². The molecule has 0 saturated carbocycles. The third kappa shape index (κ3) is 7.73. The van der Waals surface area contributed by atoms with Crippen molar-refractivity contribution in [3.63, 3.8) is 0 Å². The molecule has 158 valence electrons. The fourth-order valence-corrected chi connectivity index (χ4v) is 4.91. The average Bonchev–Trinajstić information content (AvgIpc) is 2.62. The number of benzene rings is 1. The third-order valence-corrected chi connectivity index (χ3v) is 8.76. The van der Waals surface area contributed by atoms with Gasteiger partial charge in [-0.15, -0.1) is 0 Å². The van der Waals surface area contributed by atoms with E-state index < -0.39 is 11.9 Å². The predicted octanol–water partition coefficient (Wildman–Crippen LogP) is 7.92. The van der Waals surface area contributed by atoms with Crippen molar-refractivity contribution >= 4 is 75.7 Å². The van der Waals surface area contributed by atoms with Crippen LogP contribution < -0.4 is 0 Å². The average molecular weight is 650 g/mol. The standard InChI is InChI=1S/C20H26Br4O4/c1-11(2)7-5-9-27-19(25)13-14(16(22)18(24)17(23)15(13)21)20(26)28-10-6-8-12(3)4/h11-12H,5-10H2,1-4H3. The SMILES string of the molecule is CC(C)CCCOC(=O)c1c(Br)c(Br)c(Br)c(Br)c1C(=O)OCCCC(C)C. The zero-order valence-electron chi connectivity index (χ0n) is 16.5. The molecule has 0 unspecified atom stereocenters. The van der Waals surface area contributed by atoms with Crippen molar-refractivity contribution in [3.05, 3.63) is 29.0 Å². The minimum absolute atomic E-state index is 0.153. The highest BCUT2D eigenvalue weighted by atomic mass is 79.9. The highest BCUT2D eigenvalue weighted by molar-refractivity contribution is 9.15. The molecule has 0 aliphatic rings. The van der Waals surface area contributed by atoms with Gasteiger partial charge in [0.2, 0.25) is 0 Å². The highest BCUT2D eigenvalue weighted by Crippen LogP contribution is 2.42. The van der Waals surface area contributed by atoms with Gasteiger partial charge in [-0.25, -0.2) is 9.59 Å². The first-order valence-electron chi connectivity index (χ1n) is 9.28. The lowest BCUT2D eigenvalue weighted by Crippen LogP contribution is -2.17. The second kappa shape index (κ2) is 12.7. The predicted molar refractivity (Wildman–Crippen MR) is 126 cm³/mol. The van der Waals surface area contributed by atoms with Crippen LogP contribution in [0.3, 0.4) is 0 Å². The Morgan fingerprint density at radius 2 is 1.00 bits per heavy atom. The molecule has 1 aromatic carbocycles. The number of carbonyl (C=O) groups excluding carboxylic acids is 2. The molecule has 0 fully saturated rings. The van der Waals surface area contributed by atoms with Crippen LogP contribution in [-0.4, -0.2) is 25.2 Å². The first-order valence-corrected chi connectivity index (χ1v) is 12.4. The number of hydrogen-bond donors (Lipinski definition) is 0. The number of esters is 2. The number of rotatable bonds is 10. The fourth-order valence-electron chi connectivity index (χ4n) is 2.47. The molecule has 1 aromatic rings. The monoisotopic (exact) mass is 646 g/mol. The first kappa shape index (κ1) is 26.1. The van der Waals surface area contributed by atoms with Gasteiger partial charge in [-0.1, -0.05) is 27.7 Å². The maximum absolute atomic E-state index is 12.8. The summed E-state index contributed by atoms with van der Waals surface area (Å²) in [7, 11) is 0. The van der Waals surface area contributed by atoms with Crippen LogP contribution in [0.2, 0.25) is 0 Å². The summed E-state index contributed by atoms with van der Waals surface area (Å²) >= 11 is 13.7. The number of halogens is 4. The van der Waals surface area contributed by atoms with E-state index in [0.29, 0.717) is 42.9 Å². The number of carbonyl (C=O) groups is 2. The second-order valence-corrected chi connectivity index (χ2v) is 10.5. The molecule has 8 heteroatoms. The van der Waals surface area contributed by atoms with Crippen molar-refractivity contribution in [2.75, 3.05) is 13.2 Å². The van der Waals surface area contributed by atoms with Gasteiger partial charge >= 0.3 is 11.9 Å². The van der Waals surface area contributed by atoms with Crippen molar-refractivity contribution in [1.82, 2.24) is 0 Å². The van der Waals surface area contributed by atoms with Gasteiger partial charge < -0.3 is 9.47 Å². The van der Waals surface area contributed by atoms with Crippen LogP contribution >= 0.6 is 63.7 Å². The molecule has 0 radical (unpaired) electrons. The Labute approximate surface area is 201 Å². The zero-order chi connectivity index (χ0) is 21.4. The summed E-state index contributed by atoms with van der Waals surface area (Å²) in [5.41, 5.74) is 0.306. The summed E-state index contributed by atoms with van der Waals surface area (Å²) < 4.78 is 13.0. The minimum Gasteiger partial charge on any atom is -0.462 e. The van der Waals surface area contributed by atoms with E-state index in [-0.39, 0.29) is 11.1 Å². The molecule has 0 aliphatic heterocycles. The van der Waals surface area contributed by atoms with Crippen LogP contribution in [0.5, 0.6) is 0 Å². The molecule has 0 heterocycles. The summed E-state index contributed by atoms with van der Waals surface area (Å²) in [6.07, 6.45) is 3.48. The van der Waals surface area contributed by atoms with Gasteiger partial charge in [-0.2, -0.15) is 0 Å². The van der Waals surface area contributed by atoms with E-state index in [4.69, 9.17) is 9.47 Å². The van der Waals surface area contributed by atoms with E-state index in [2.05, 4.69) is 91.4 Å². The molecule has 0 aliphatic carbocycles. The van der Waals surface area contributed by atoms with Gasteiger partial charge in [0.1, 0.15) is 0 Å². The van der Waals surface area contributed by atoms with Crippen molar-refractivity contribution in [1.29, 1.82) is 0 Å². The molecule has 1 rings (SSSR count). The Bertz CT molecular complexity index is 643. The maximum Gasteiger partial charge on any atom is 0.340 e. The van der Waals surface area contributed by atoms with Gasteiger partial charge in [-0.3, -0.25) is 0 Å². The van der Waals surface area contributed by atoms with E-state index in [1.165, 1.54) is 0 Å². The highest BCUT2D eigenvalue weighted by Gasteiger charge is 2.30. The van der Waals surface area contributed by atoms with Crippen LogP contribution in [0, 0.1) is 11.8 Å². The lowest BCUT2D eigenvalue weighted by Gasteiger charge is -2.16. The Morgan fingerprint density at radius 1 is 0.679 bits per heavy atom. The quantitative estimate of drug-likeness (QED) is 0.112. The van der Waals surface area contributed by atoms with E-state index in [1.54, 1.807) is 0 Å². The van der Waals surface area contributed by atoms with Gasteiger partial charge in [0, 0.05) is 17.9 Å². The minimum atomic E-state index is -0.557. The van der Waals surface area contributed by atoms with Crippen LogP contribution in [-0.2, 0) is 9.47 Å². The van der Waals surface area contributed by atoms with Gasteiger partial charge in [0.25, 0.3) is 0 Å². The number of hydrogen-bond acceptors (Lipinski definition) is 4. The zero-order valence-corrected chi connectivity index (χ0v) is 22.9. The van der Waals surface area contributed by atoms with E-state index >= 15 is 0 Å². The third-order valence-electron chi connectivity index (χ3n) is 3.99. The Hall–Kier alpha value is 0.0800. The van der Waals surface area contributed by atoms with Crippen molar-refractivity contribution in [3.8, 4) is 0 Å². The van der Waals surface area contributed by atoms with E-state index in [9.17, 15) is 9.59 Å². The topological polar surface area (TPSA) is 52.6 Å². The number of ether oxygens (including phenoxy) is 2. The van der Waals surface area contributed by atoms with Crippen molar-refractivity contribution < 1.29 is 19.1 Å². The molecule has 0 atom stereocenters. The molecular formula is C20H26Br4O4. The molecule has 0 spiro atoms. The molecule has 4 nitrogen and oxygen atoms in total.